The maximum absolute atomic E-state index is 12.5. The molecule has 1 aromatic carbocycles. The van der Waals surface area contributed by atoms with E-state index in [1.165, 1.54) is 0 Å². The van der Waals surface area contributed by atoms with Crippen molar-refractivity contribution in [3.63, 3.8) is 0 Å². The van der Waals surface area contributed by atoms with E-state index in [1.807, 2.05) is 30.3 Å². The van der Waals surface area contributed by atoms with Crippen LogP contribution in [0, 0.1) is 19.8 Å². The van der Waals surface area contributed by atoms with Gasteiger partial charge in [0.25, 0.3) is 0 Å². The van der Waals surface area contributed by atoms with Crippen LogP contribution < -0.4 is 4.72 Å². The van der Waals surface area contributed by atoms with Crippen molar-refractivity contribution in [2.75, 3.05) is 6.54 Å². The number of aromatic nitrogens is 1. The van der Waals surface area contributed by atoms with E-state index in [1.54, 1.807) is 13.8 Å². The Kier molecular flexibility index (Phi) is 4.03. The molecule has 0 saturated heterocycles. The molecule has 1 fully saturated rings. The molecule has 0 radical (unpaired) electrons. The Morgan fingerprint density at radius 2 is 1.96 bits per heavy atom. The largest absolute Gasteiger partial charge is 0.383 e. The average molecular weight is 336 g/mol. The van der Waals surface area contributed by atoms with Crippen molar-refractivity contribution in [1.82, 2.24) is 9.88 Å². The van der Waals surface area contributed by atoms with E-state index >= 15 is 0 Å². The summed E-state index contributed by atoms with van der Waals surface area (Å²) in [6, 6.07) is 9.19. The summed E-state index contributed by atoms with van der Waals surface area (Å²) in [7, 11) is -3.79. The average Bonchev–Trinajstić information content (AvgIpc) is 3.32. The summed E-state index contributed by atoms with van der Waals surface area (Å²) in [5, 5.41) is 14.7. The van der Waals surface area contributed by atoms with Gasteiger partial charge in [0.1, 0.15) is 16.2 Å². The van der Waals surface area contributed by atoms with E-state index in [2.05, 4.69) is 9.88 Å². The van der Waals surface area contributed by atoms with Crippen molar-refractivity contribution in [3.8, 4) is 0 Å². The van der Waals surface area contributed by atoms with Crippen LogP contribution in [0.25, 0.3) is 0 Å². The monoisotopic (exact) mass is 336 g/mol. The van der Waals surface area contributed by atoms with E-state index in [9.17, 15) is 13.5 Å². The van der Waals surface area contributed by atoms with Crippen molar-refractivity contribution in [2.24, 2.45) is 5.92 Å². The van der Waals surface area contributed by atoms with Crippen molar-refractivity contribution < 1.29 is 18.0 Å². The highest BCUT2D eigenvalue weighted by Gasteiger charge is 2.45. The van der Waals surface area contributed by atoms with Gasteiger partial charge >= 0.3 is 0 Å². The highest BCUT2D eigenvalue weighted by atomic mass is 32.2. The topological polar surface area (TPSA) is 92.4 Å². The Morgan fingerprint density at radius 3 is 2.48 bits per heavy atom. The van der Waals surface area contributed by atoms with Gasteiger partial charge in [-0.25, -0.2) is 13.1 Å². The number of hydrogen-bond donors (Lipinski definition) is 2. The van der Waals surface area contributed by atoms with Crippen LogP contribution in [0.4, 0.5) is 0 Å². The van der Waals surface area contributed by atoms with Crippen LogP contribution in [-0.2, 0) is 15.6 Å². The maximum atomic E-state index is 12.5. The van der Waals surface area contributed by atoms with Crippen LogP contribution in [0.3, 0.4) is 0 Å². The number of aryl methyl sites for hydroxylation is 2. The van der Waals surface area contributed by atoms with E-state index in [4.69, 9.17) is 4.52 Å². The van der Waals surface area contributed by atoms with Gasteiger partial charge < -0.3 is 9.63 Å². The molecule has 2 aromatic rings. The number of hydrogen-bond acceptors (Lipinski definition) is 5. The van der Waals surface area contributed by atoms with Gasteiger partial charge in [-0.1, -0.05) is 35.5 Å². The lowest BCUT2D eigenvalue weighted by Gasteiger charge is -2.29. The zero-order chi connectivity index (χ0) is 16.7. The molecule has 0 aliphatic heterocycles. The van der Waals surface area contributed by atoms with Gasteiger partial charge in [-0.05, 0) is 38.2 Å². The van der Waals surface area contributed by atoms with Crippen molar-refractivity contribution in [1.29, 1.82) is 0 Å². The van der Waals surface area contributed by atoms with E-state index in [0.717, 1.165) is 18.4 Å². The molecular formula is C16H20N2O4S. The molecule has 7 heteroatoms. The molecule has 6 nitrogen and oxygen atoms in total. The smallest absolute Gasteiger partial charge is 0.246 e. The van der Waals surface area contributed by atoms with Crippen molar-refractivity contribution in [3.05, 3.63) is 47.3 Å². The molecule has 1 aliphatic rings. The second-order valence-corrected chi connectivity index (χ2v) is 7.75. The highest BCUT2D eigenvalue weighted by Crippen LogP contribution is 2.45. The van der Waals surface area contributed by atoms with Gasteiger partial charge in [0, 0.05) is 6.54 Å². The van der Waals surface area contributed by atoms with Gasteiger partial charge in [0.15, 0.2) is 5.76 Å². The lowest BCUT2D eigenvalue weighted by atomic mass is 9.89. The van der Waals surface area contributed by atoms with Gasteiger partial charge in [-0.15, -0.1) is 0 Å². The van der Waals surface area contributed by atoms with Crippen LogP contribution in [0.15, 0.2) is 39.8 Å². The van der Waals surface area contributed by atoms with Crippen LogP contribution in [-0.4, -0.2) is 25.2 Å². The zero-order valence-electron chi connectivity index (χ0n) is 13.1. The van der Waals surface area contributed by atoms with Crippen LogP contribution in [0.5, 0.6) is 0 Å². The minimum Gasteiger partial charge on any atom is -0.383 e. The predicted octanol–water partition coefficient (Wildman–Crippen LogP) is 1.87. The third kappa shape index (κ3) is 3.04. The molecule has 2 N–H and O–H groups in total. The summed E-state index contributed by atoms with van der Waals surface area (Å²) < 4.78 is 32.5. The summed E-state index contributed by atoms with van der Waals surface area (Å²) in [6.07, 6.45) is 1.77. The Hall–Kier alpha value is -1.70. The number of rotatable bonds is 6. The second-order valence-electron chi connectivity index (χ2n) is 6.04. The lowest BCUT2D eigenvalue weighted by Crippen LogP contribution is -2.42. The summed E-state index contributed by atoms with van der Waals surface area (Å²) in [6.45, 7) is 3.06. The molecule has 1 atom stereocenters. The number of aliphatic hydroxyl groups is 1. The summed E-state index contributed by atoms with van der Waals surface area (Å²) in [5.41, 5.74) is -0.165. The first-order valence-corrected chi connectivity index (χ1v) is 9.03. The third-order valence-corrected chi connectivity index (χ3v) is 5.94. The fourth-order valence-electron chi connectivity index (χ4n) is 2.91. The zero-order valence-corrected chi connectivity index (χ0v) is 13.9. The molecule has 124 valence electrons. The van der Waals surface area contributed by atoms with Crippen molar-refractivity contribution >= 4 is 10.0 Å². The molecule has 1 aromatic heterocycles. The number of nitrogens with one attached hydrogen (secondary N) is 1. The number of benzene rings is 1. The summed E-state index contributed by atoms with van der Waals surface area (Å²) in [5.74, 6) is 0.307. The SMILES string of the molecule is Cc1noc(C)c1S(=O)(=O)NC[C@](O)(c1ccccc1)C1CC1. The van der Waals surface area contributed by atoms with Crippen molar-refractivity contribution in [2.45, 2.75) is 37.2 Å². The number of nitrogens with zero attached hydrogens (tertiary/aromatic N) is 1. The van der Waals surface area contributed by atoms with E-state index < -0.39 is 15.6 Å². The third-order valence-electron chi connectivity index (χ3n) is 4.29. The molecular weight excluding hydrogens is 316 g/mol. The van der Waals surface area contributed by atoms with Gasteiger partial charge in [-0.3, -0.25) is 0 Å². The predicted molar refractivity (Wildman–Crippen MR) is 84.2 cm³/mol. The van der Waals surface area contributed by atoms with Gasteiger partial charge in [-0.2, -0.15) is 0 Å². The molecule has 1 saturated carbocycles. The Bertz CT molecular complexity index is 777. The van der Waals surface area contributed by atoms with E-state index in [0.29, 0.717) is 5.69 Å². The Balaban J connectivity index is 1.86. The maximum Gasteiger partial charge on any atom is 0.246 e. The molecule has 0 spiro atoms. The molecule has 0 bridgehead atoms. The second kappa shape index (κ2) is 5.74. The minimum atomic E-state index is -3.79. The first-order valence-electron chi connectivity index (χ1n) is 7.55. The Labute approximate surface area is 135 Å². The Morgan fingerprint density at radius 1 is 1.30 bits per heavy atom. The molecule has 23 heavy (non-hydrogen) atoms. The fourth-order valence-corrected chi connectivity index (χ4v) is 4.30. The quantitative estimate of drug-likeness (QED) is 0.840. The molecule has 0 amide bonds. The molecule has 0 unspecified atom stereocenters. The van der Waals surface area contributed by atoms with Crippen LogP contribution >= 0.6 is 0 Å². The van der Waals surface area contributed by atoms with Gasteiger partial charge in [0.05, 0.1) is 0 Å². The van der Waals surface area contributed by atoms with Crippen LogP contribution in [0.1, 0.15) is 29.9 Å². The molecule has 1 aliphatic carbocycles. The summed E-state index contributed by atoms with van der Waals surface area (Å²) >= 11 is 0. The van der Waals surface area contributed by atoms with Crippen LogP contribution in [0.2, 0.25) is 0 Å². The first-order chi connectivity index (χ1) is 10.8. The standard InChI is InChI=1S/C16H20N2O4S/c1-11-15(12(2)22-18-11)23(20,21)17-10-16(19,14-8-9-14)13-6-4-3-5-7-13/h3-7,14,17,19H,8-10H2,1-2H3/t16-/m0/s1. The fraction of sp³-hybridized carbons (Fsp3) is 0.438. The first kappa shape index (κ1) is 16.2. The molecule has 1 heterocycles. The van der Waals surface area contributed by atoms with Gasteiger partial charge in [0.2, 0.25) is 10.0 Å². The minimum absolute atomic E-state index is 0.0451. The van der Waals surface area contributed by atoms with E-state index in [-0.39, 0.29) is 23.1 Å². The highest BCUT2D eigenvalue weighted by molar-refractivity contribution is 7.89. The lowest BCUT2D eigenvalue weighted by molar-refractivity contribution is 0.0185. The normalized spacial score (nSPS) is 17.9. The molecule has 3 rings (SSSR count). The number of sulfonamides is 1. The summed E-state index contributed by atoms with van der Waals surface area (Å²) in [4.78, 5) is 0.0451.